The molecule has 0 radical (unpaired) electrons. The molecule has 2 aromatic rings. The molecule has 0 unspecified atom stereocenters. The molecule has 2 nitrogen and oxygen atoms in total. The number of rotatable bonds is 6. The molecule has 0 spiro atoms. The maximum Gasteiger partial charge on any atom is 0.167 e. The standard InChI is InChI=1S/C17H19F2NO/c1-3-20-10-13-7-8-15(18)14(9-13)11-21-16-6-4-5-12(2)17(16)19/h4-9,20H,3,10-11H2,1-2H3. The van der Waals surface area contributed by atoms with E-state index in [1.807, 2.05) is 6.92 Å². The Morgan fingerprint density at radius 3 is 2.71 bits per heavy atom. The molecule has 0 heterocycles. The highest BCUT2D eigenvalue weighted by Crippen LogP contribution is 2.21. The largest absolute Gasteiger partial charge is 0.486 e. The van der Waals surface area contributed by atoms with Crippen molar-refractivity contribution in [3.05, 3.63) is 64.7 Å². The van der Waals surface area contributed by atoms with Gasteiger partial charge in [0.25, 0.3) is 0 Å². The molecule has 4 heteroatoms. The van der Waals surface area contributed by atoms with Crippen LogP contribution >= 0.6 is 0 Å². The molecule has 0 amide bonds. The number of hydrogen-bond acceptors (Lipinski definition) is 2. The van der Waals surface area contributed by atoms with Gasteiger partial charge < -0.3 is 10.1 Å². The molecule has 0 aliphatic carbocycles. The average molecular weight is 291 g/mol. The fourth-order valence-corrected chi connectivity index (χ4v) is 2.01. The Morgan fingerprint density at radius 1 is 1.14 bits per heavy atom. The summed E-state index contributed by atoms with van der Waals surface area (Å²) in [5.74, 6) is -0.600. The van der Waals surface area contributed by atoms with Crippen molar-refractivity contribution in [1.29, 1.82) is 0 Å². The minimum absolute atomic E-state index is 0.00612. The Bertz CT molecular complexity index is 614. The first-order valence-electron chi connectivity index (χ1n) is 6.97. The van der Waals surface area contributed by atoms with Crippen LogP contribution in [0.2, 0.25) is 0 Å². The second-order valence-electron chi connectivity index (χ2n) is 4.88. The van der Waals surface area contributed by atoms with Gasteiger partial charge in [-0.1, -0.05) is 25.1 Å². The molecule has 0 saturated heterocycles. The van der Waals surface area contributed by atoms with Crippen LogP contribution in [0.4, 0.5) is 8.78 Å². The van der Waals surface area contributed by atoms with Crippen LogP contribution in [-0.2, 0) is 13.2 Å². The smallest absolute Gasteiger partial charge is 0.167 e. The van der Waals surface area contributed by atoms with Crippen molar-refractivity contribution in [3.8, 4) is 5.75 Å². The first-order chi connectivity index (χ1) is 10.1. The molecule has 0 aromatic heterocycles. The summed E-state index contributed by atoms with van der Waals surface area (Å²) in [5.41, 5.74) is 1.90. The summed E-state index contributed by atoms with van der Waals surface area (Å²) in [6.45, 7) is 5.19. The van der Waals surface area contributed by atoms with Crippen molar-refractivity contribution >= 4 is 0 Å². The van der Waals surface area contributed by atoms with Crippen molar-refractivity contribution in [2.75, 3.05) is 6.54 Å². The third-order valence-corrected chi connectivity index (χ3v) is 3.23. The second-order valence-corrected chi connectivity index (χ2v) is 4.88. The summed E-state index contributed by atoms with van der Waals surface area (Å²) in [4.78, 5) is 0. The fourth-order valence-electron chi connectivity index (χ4n) is 2.01. The average Bonchev–Trinajstić information content (AvgIpc) is 2.49. The molecule has 0 aliphatic rings. The number of benzene rings is 2. The van der Waals surface area contributed by atoms with Crippen LogP contribution in [0.3, 0.4) is 0 Å². The molecule has 0 aliphatic heterocycles. The summed E-state index contributed by atoms with van der Waals surface area (Å²) in [5, 5.41) is 3.18. The Kier molecular flexibility index (Phi) is 5.28. The summed E-state index contributed by atoms with van der Waals surface area (Å²) in [6, 6.07) is 9.81. The third kappa shape index (κ3) is 4.02. The van der Waals surface area contributed by atoms with Gasteiger partial charge in [-0.3, -0.25) is 0 Å². The van der Waals surface area contributed by atoms with Crippen molar-refractivity contribution in [2.24, 2.45) is 0 Å². The number of hydrogen-bond donors (Lipinski definition) is 1. The zero-order chi connectivity index (χ0) is 15.2. The summed E-state index contributed by atoms with van der Waals surface area (Å²) < 4.78 is 33.0. The van der Waals surface area contributed by atoms with Crippen LogP contribution in [0.15, 0.2) is 36.4 Å². The predicted octanol–water partition coefficient (Wildman–Crippen LogP) is 3.96. The number of halogens is 2. The van der Waals surface area contributed by atoms with E-state index in [2.05, 4.69) is 5.32 Å². The molecule has 21 heavy (non-hydrogen) atoms. The van der Waals surface area contributed by atoms with E-state index in [0.29, 0.717) is 17.7 Å². The zero-order valence-electron chi connectivity index (χ0n) is 12.2. The number of ether oxygens (including phenoxy) is 1. The van der Waals surface area contributed by atoms with Gasteiger partial charge in [0.1, 0.15) is 12.4 Å². The van der Waals surface area contributed by atoms with Crippen LogP contribution < -0.4 is 10.1 Å². The summed E-state index contributed by atoms with van der Waals surface area (Å²) in [6.07, 6.45) is 0. The minimum Gasteiger partial charge on any atom is -0.486 e. The van der Waals surface area contributed by atoms with Gasteiger partial charge in [-0.15, -0.1) is 0 Å². The quantitative estimate of drug-likeness (QED) is 0.869. The van der Waals surface area contributed by atoms with E-state index >= 15 is 0 Å². The number of nitrogens with one attached hydrogen (secondary N) is 1. The van der Waals surface area contributed by atoms with Gasteiger partial charge in [-0.05, 0) is 42.8 Å². The highest BCUT2D eigenvalue weighted by molar-refractivity contribution is 5.31. The lowest BCUT2D eigenvalue weighted by molar-refractivity contribution is 0.284. The molecule has 0 fully saturated rings. The van der Waals surface area contributed by atoms with Gasteiger partial charge in [0.2, 0.25) is 0 Å². The lowest BCUT2D eigenvalue weighted by atomic mass is 10.1. The van der Waals surface area contributed by atoms with Gasteiger partial charge in [0.05, 0.1) is 0 Å². The van der Waals surface area contributed by atoms with Crippen LogP contribution in [0, 0.1) is 18.6 Å². The van der Waals surface area contributed by atoms with Crippen LogP contribution in [0.5, 0.6) is 5.75 Å². The molecular formula is C17H19F2NO. The molecular weight excluding hydrogens is 272 g/mol. The Morgan fingerprint density at radius 2 is 1.95 bits per heavy atom. The van der Waals surface area contributed by atoms with Crippen LogP contribution in [0.1, 0.15) is 23.6 Å². The maximum absolute atomic E-state index is 13.8. The van der Waals surface area contributed by atoms with Gasteiger partial charge in [-0.2, -0.15) is 0 Å². The van der Waals surface area contributed by atoms with Crippen LogP contribution in [0.25, 0.3) is 0 Å². The van der Waals surface area contributed by atoms with Crippen molar-refractivity contribution < 1.29 is 13.5 Å². The number of aryl methyl sites for hydroxylation is 1. The highest BCUT2D eigenvalue weighted by atomic mass is 19.1. The van der Waals surface area contributed by atoms with Crippen molar-refractivity contribution in [2.45, 2.75) is 27.0 Å². The lowest BCUT2D eigenvalue weighted by Crippen LogP contribution is -2.12. The van der Waals surface area contributed by atoms with E-state index < -0.39 is 5.82 Å². The van der Waals surface area contributed by atoms with E-state index in [1.54, 1.807) is 37.3 Å². The Hall–Kier alpha value is -1.94. The predicted molar refractivity (Wildman–Crippen MR) is 79.2 cm³/mol. The van der Waals surface area contributed by atoms with Crippen molar-refractivity contribution in [1.82, 2.24) is 5.32 Å². The van der Waals surface area contributed by atoms with Gasteiger partial charge in [0.15, 0.2) is 11.6 Å². The SMILES string of the molecule is CCNCc1ccc(F)c(COc2cccc(C)c2F)c1. The molecule has 112 valence electrons. The maximum atomic E-state index is 13.8. The first-order valence-corrected chi connectivity index (χ1v) is 6.97. The highest BCUT2D eigenvalue weighted by Gasteiger charge is 2.09. The fraction of sp³-hybridized carbons (Fsp3) is 0.294. The molecule has 1 N–H and O–H groups in total. The lowest BCUT2D eigenvalue weighted by Gasteiger charge is -2.11. The third-order valence-electron chi connectivity index (χ3n) is 3.23. The van der Waals surface area contributed by atoms with Gasteiger partial charge >= 0.3 is 0 Å². The minimum atomic E-state index is -0.401. The van der Waals surface area contributed by atoms with E-state index in [9.17, 15) is 8.78 Å². The zero-order valence-corrected chi connectivity index (χ0v) is 12.2. The molecule has 0 bridgehead atoms. The molecule has 2 rings (SSSR count). The van der Waals surface area contributed by atoms with Gasteiger partial charge in [0, 0.05) is 12.1 Å². The van der Waals surface area contributed by atoms with E-state index in [1.165, 1.54) is 6.07 Å². The summed E-state index contributed by atoms with van der Waals surface area (Å²) in [7, 11) is 0. The Balaban J connectivity index is 2.10. The summed E-state index contributed by atoms with van der Waals surface area (Å²) >= 11 is 0. The second kappa shape index (κ2) is 7.18. The topological polar surface area (TPSA) is 21.3 Å². The van der Waals surface area contributed by atoms with E-state index in [-0.39, 0.29) is 18.2 Å². The molecule has 0 atom stereocenters. The van der Waals surface area contributed by atoms with Gasteiger partial charge in [-0.25, -0.2) is 8.78 Å². The van der Waals surface area contributed by atoms with E-state index in [4.69, 9.17) is 4.74 Å². The molecule has 0 saturated carbocycles. The van der Waals surface area contributed by atoms with E-state index in [0.717, 1.165) is 12.1 Å². The monoisotopic (exact) mass is 291 g/mol. The first kappa shape index (κ1) is 15.4. The van der Waals surface area contributed by atoms with Crippen molar-refractivity contribution in [3.63, 3.8) is 0 Å². The van der Waals surface area contributed by atoms with Crippen LogP contribution in [-0.4, -0.2) is 6.54 Å². The normalized spacial score (nSPS) is 10.7. The Labute approximate surface area is 123 Å². The molecule has 2 aromatic carbocycles.